The molecule has 0 aliphatic carbocycles. The summed E-state index contributed by atoms with van der Waals surface area (Å²) in [4.78, 5) is 22.7. The Morgan fingerprint density at radius 3 is 2.47 bits per heavy atom. The molecule has 1 aromatic rings. The molecular formula is C12H13BrO5S. The van der Waals surface area contributed by atoms with E-state index in [0.717, 1.165) is 0 Å². The third-order valence-electron chi connectivity index (χ3n) is 2.17. The largest absolute Gasteiger partial charge is 0.466 e. The van der Waals surface area contributed by atoms with Crippen LogP contribution in [0.2, 0.25) is 0 Å². The van der Waals surface area contributed by atoms with E-state index in [1.54, 1.807) is 25.1 Å². The van der Waals surface area contributed by atoms with E-state index in [9.17, 15) is 18.0 Å². The number of ketones is 1. The van der Waals surface area contributed by atoms with E-state index in [1.165, 1.54) is 6.07 Å². The molecule has 0 radical (unpaired) electrons. The normalized spacial score (nSPS) is 11.1. The molecule has 0 aliphatic heterocycles. The Morgan fingerprint density at radius 1 is 1.26 bits per heavy atom. The number of benzene rings is 1. The number of Topliss-reactive ketones (excluding diaryl/α,β-unsaturated/α-hetero) is 1. The number of ether oxygens (including phenoxy) is 1. The zero-order chi connectivity index (χ0) is 14.5. The van der Waals surface area contributed by atoms with E-state index in [2.05, 4.69) is 20.7 Å². The number of halogens is 1. The van der Waals surface area contributed by atoms with Gasteiger partial charge in [-0.2, -0.15) is 0 Å². The van der Waals surface area contributed by atoms with Crippen LogP contribution in [-0.4, -0.2) is 32.5 Å². The van der Waals surface area contributed by atoms with E-state index in [0.29, 0.717) is 4.47 Å². The van der Waals surface area contributed by atoms with Crippen molar-refractivity contribution in [2.45, 2.75) is 18.2 Å². The highest BCUT2D eigenvalue weighted by Gasteiger charge is 2.23. The number of hydrogen-bond acceptors (Lipinski definition) is 5. The Balaban J connectivity index is 2.79. The summed E-state index contributed by atoms with van der Waals surface area (Å²) >= 11 is 3.12. The first kappa shape index (κ1) is 15.8. The van der Waals surface area contributed by atoms with Gasteiger partial charge in [-0.15, -0.1) is 0 Å². The van der Waals surface area contributed by atoms with E-state index in [-0.39, 0.29) is 11.5 Å². The summed E-state index contributed by atoms with van der Waals surface area (Å²) in [5, 5.41) is 0. The summed E-state index contributed by atoms with van der Waals surface area (Å²) in [7, 11) is -3.75. The number of carbonyl (C=O) groups excluding carboxylic acids is 2. The van der Waals surface area contributed by atoms with E-state index < -0.39 is 33.8 Å². The molecule has 19 heavy (non-hydrogen) atoms. The number of sulfone groups is 1. The Morgan fingerprint density at radius 2 is 1.89 bits per heavy atom. The van der Waals surface area contributed by atoms with Crippen molar-refractivity contribution in [3.05, 3.63) is 28.7 Å². The van der Waals surface area contributed by atoms with Gasteiger partial charge in [0.15, 0.2) is 15.6 Å². The Labute approximate surface area is 120 Å². The summed E-state index contributed by atoms with van der Waals surface area (Å²) in [6.07, 6.45) is -0.530. The number of hydrogen-bond donors (Lipinski definition) is 0. The maximum absolute atomic E-state index is 12.0. The van der Waals surface area contributed by atoms with E-state index in [1.807, 2.05) is 0 Å². The van der Waals surface area contributed by atoms with Crippen molar-refractivity contribution >= 4 is 37.5 Å². The van der Waals surface area contributed by atoms with E-state index >= 15 is 0 Å². The lowest BCUT2D eigenvalue weighted by atomic mass is 10.3. The minimum atomic E-state index is -3.75. The highest BCUT2D eigenvalue weighted by atomic mass is 79.9. The fourth-order valence-electron chi connectivity index (χ4n) is 1.41. The summed E-state index contributed by atoms with van der Waals surface area (Å²) in [5.41, 5.74) is 0. The van der Waals surface area contributed by atoms with Crippen molar-refractivity contribution in [1.29, 1.82) is 0 Å². The Hall–Kier alpha value is -1.21. The molecule has 0 heterocycles. The molecule has 7 heteroatoms. The molecule has 1 rings (SSSR count). The van der Waals surface area contributed by atoms with Crippen LogP contribution in [0.1, 0.15) is 13.3 Å². The summed E-state index contributed by atoms with van der Waals surface area (Å²) in [6, 6.07) is 6.21. The quantitative estimate of drug-likeness (QED) is 0.578. The molecule has 0 atom stereocenters. The zero-order valence-corrected chi connectivity index (χ0v) is 12.7. The van der Waals surface area contributed by atoms with Crippen LogP contribution in [0, 0.1) is 0 Å². The molecule has 0 spiro atoms. The SMILES string of the molecule is CCOC(=O)CC(=O)CS(=O)(=O)c1ccccc1Br. The molecule has 0 saturated carbocycles. The molecule has 1 aromatic carbocycles. The zero-order valence-electron chi connectivity index (χ0n) is 10.3. The first-order valence-electron chi connectivity index (χ1n) is 5.51. The smallest absolute Gasteiger partial charge is 0.313 e. The van der Waals surface area contributed by atoms with Crippen LogP contribution >= 0.6 is 15.9 Å². The van der Waals surface area contributed by atoms with Gasteiger partial charge in [0.25, 0.3) is 0 Å². The molecule has 0 amide bonds. The summed E-state index contributed by atoms with van der Waals surface area (Å²) in [6.45, 7) is 1.77. The monoisotopic (exact) mass is 348 g/mol. The number of carbonyl (C=O) groups is 2. The van der Waals surface area contributed by atoms with Gasteiger partial charge in [0.1, 0.15) is 12.2 Å². The highest BCUT2D eigenvalue weighted by molar-refractivity contribution is 9.10. The van der Waals surface area contributed by atoms with Crippen molar-refractivity contribution in [1.82, 2.24) is 0 Å². The fraction of sp³-hybridized carbons (Fsp3) is 0.333. The van der Waals surface area contributed by atoms with Crippen LogP contribution in [0.25, 0.3) is 0 Å². The van der Waals surface area contributed by atoms with Crippen molar-refractivity contribution in [2.24, 2.45) is 0 Å². The first-order valence-corrected chi connectivity index (χ1v) is 7.96. The van der Waals surface area contributed by atoms with Crippen molar-refractivity contribution in [3.8, 4) is 0 Å². The molecule has 0 bridgehead atoms. The second kappa shape index (κ2) is 6.81. The maximum atomic E-state index is 12.0. The van der Waals surface area contributed by atoms with Crippen LogP contribution < -0.4 is 0 Å². The molecule has 104 valence electrons. The second-order valence-electron chi connectivity index (χ2n) is 3.71. The molecular weight excluding hydrogens is 336 g/mol. The lowest BCUT2D eigenvalue weighted by molar-refractivity contribution is -0.145. The molecule has 0 saturated heterocycles. The van der Waals surface area contributed by atoms with Gasteiger partial charge < -0.3 is 4.74 Å². The van der Waals surface area contributed by atoms with Crippen molar-refractivity contribution < 1.29 is 22.7 Å². The minimum Gasteiger partial charge on any atom is -0.466 e. The van der Waals surface area contributed by atoms with E-state index in [4.69, 9.17) is 0 Å². The van der Waals surface area contributed by atoms with Crippen LogP contribution in [0.4, 0.5) is 0 Å². The Bertz CT molecular complexity index is 580. The average Bonchev–Trinajstić information content (AvgIpc) is 2.28. The van der Waals surface area contributed by atoms with Crippen LogP contribution in [0.3, 0.4) is 0 Å². The van der Waals surface area contributed by atoms with Gasteiger partial charge in [-0.1, -0.05) is 12.1 Å². The van der Waals surface area contributed by atoms with Crippen molar-refractivity contribution in [3.63, 3.8) is 0 Å². The van der Waals surface area contributed by atoms with Gasteiger partial charge in [0.2, 0.25) is 0 Å². The third kappa shape index (κ3) is 4.76. The fourth-order valence-corrected chi connectivity index (χ4v) is 3.77. The van der Waals surface area contributed by atoms with Gasteiger partial charge in [-0.25, -0.2) is 8.42 Å². The van der Waals surface area contributed by atoms with Gasteiger partial charge in [0.05, 0.1) is 11.5 Å². The Kier molecular flexibility index (Phi) is 5.68. The van der Waals surface area contributed by atoms with Gasteiger partial charge in [-0.05, 0) is 35.0 Å². The number of rotatable bonds is 6. The predicted octanol–water partition coefficient (Wildman–Crippen LogP) is 1.75. The third-order valence-corrected chi connectivity index (χ3v) is 4.85. The maximum Gasteiger partial charge on any atom is 0.313 e. The highest BCUT2D eigenvalue weighted by Crippen LogP contribution is 2.22. The molecule has 0 aliphatic rings. The molecule has 0 N–H and O–H groups in total. The van der Waals surface area contributed by atoms with Crippen LogP contribution in [0.15, 0.2) is 33.6 Å². The standard InChI is InChI=1S/C12H13BrO5S/c1-2-18-12(15)7-9(14)8-19(16,17)11-6-4-3-5-10(11)13/h3-6H,2,7-8H2,1H3. The topological polar surface area (TPSA) is 77.5 Å². The summed E-state index contributed by atoms with van der Waals surface area (Å²) in [5.74, 6) is -2.11. The van der Waals surface area contributed by atoms with Gasteiger partial charge >= 0.3 is 5.97 Å². The number of esters is 1. The molecule has 5 nitrogen and oxygen atoms in total. The second-order valence-corrected chi connectivity index (χ2v) is 6.52. The lowest BCUT2D eigenvalue weighted by Gasteiger charge is -2.06. The minimum absolute atomic E-state index is 0.0345. The summed E-state index contributed by atoms with van der Waals surface area (Å²) < 4.78 is 29.0. The average molecular weight is 349 g/mol. The van der Waals surface area contributed by atoms with Crippen molar-refractivity contribution in [2.75, 3.05) is 12.4 Å². The van der Waals surface area contributed by atoms with Crippen LogP contribution in [0.5, 0.6) is 0 Å². The first-order chi connectivity index (χ1) is 8.86. The molecule has 0 fully saturated rings. The van der Waals surface area contributed by atoms with Crippen LogP contribution in [-0.2, 0) is 24.2 Å². The molecule has 0 unspecified atom stereocenters. The predicted molar refractivity (Wildman–Crippen MR) is 72.5 cm³/mol. The van der Waals surface area contributed by atoms with Gasteiger partial charge in [-0.3, -0.25) is 9.59 Å². The lowest BCUT2D eigenvalue weighted by Crippen LogP contribution is -2.20. The molecule has 0 aromatic heterocycles. The van der Waals surface area contributed by atoms with Gasteiger partial charge in [0, 0.05) is 4.47 Å².